The largest absolute Gasteiger partial charge is 0.481 e. The van der Waals surface area contributed by atoms with E-state index in [9.17, 15) is 9.90 Å². The topological polar surface area (TPSA) is 58.4 Å². The lowest BCUT2D eigenvalue weighted by molar-refractivity contribution is -0.153. The van der Waals surface area contributed by atoms with Crippen LogP contribution in [-0.4, -0.2) is 38.8 Å². The van der Waals surface area contributed by atoms with E-state index in [1.54, 1.807) is 0 Å². The Bertz CT molecular complexity index is 529. The fraction of sp³-hybridized carbons (Fsp3) is 0.733. The molecule has 2 rings (SSSR count). The van der Waals surface area contributed by atoms with Crippen LogP contribution in [0.4, 0.5) is 0 Å². The monoisotopic (exact) mass is 313 g/mol. The smallest absolute Gasteiger partial charge is 0.310 e. The molecule has 1 fully saturated rings. The van der Waals surface area contributed by atoms with Crippen molar-refractivity contribution in [2.75, 3.05) is 13.1 Å². The van der Waals surface area contributed by atoms with Crippen LogP contribution >= 0.6 is 11.6 Å². The molecule has 1 saturated heterocycles. The van der Waals surface area contributed by atoms with Crippen molar-refractivity contribution in [1.29, 1.82) is 0 Å². The maximum atomic E-state index is 11.6. The number of hydrogen-bond acceptors (Lipinski definition) is 3. The molecule has 0 aromatic carbocycles. The number of rotatable bonds is 5. The molecule has 0 saturated carbocycles. The molecule has 1 unspecified atom stereocenters. The minimum absolute atomic E-state index is 0.585. The molecule has 0 aliphatic carbocycles. The zero-order valence-corrected chi connectivity index (χ0v) is 13.8. The first-order valence-electron chi connectivity index (χ1n) is 7.59. The lowest BCUT2D eigenvalue weighted by atomic mass is 9.77. The molecule has 1 aliphatic heterocycles. The molecule has 0 bridgehead atoms. The van der Waals surface area contributed by atoms with Gasteiger partial charge in [-0.2, -0.15) is 5.10 Å². The van der Waals surface area contributed by atoms with E-state index in [2.05, 4.69) is 10.00 Å². The molecule has 1 aliphatic rings. The fourth-order valence-electron chi connectivity index (χ4n) is 3.18. The van der Waals surface area contributed by atoms with Crippen molar-refractivity contribution in [2.45, 2.75) is 46.1 Å². The number of aryl methyl sites for hydroxylation is 2. The van der Waals surface area contributed by atoms with Crippen molar-refractivity contribution < 1.29 is 9.90 Å². The standard InChI is InChI=1S/C15H24ClN3O2/c1-4-11-13(16)12(18(3)17-11)9-19-8-6-7-15(5-2,10-19)14(20)21/h4-10H2,1-3H3,(H,20,21). The maximum Gasteiger partial charge on any atom is 0.310 e. The molecule has 1 aromatic rings. The van der Waals surface area contributed by atoms with Gasteiger partial charge in [0.2, 0.25) is 0 Å². The normalized spacial score (nSPS) is 23.4. The molecule has 1 atom stereocenters. The number of aliphatic carboxylic acids is 1. The molecule has 0 amide bonds. The van der Waals surface area contributed by atoms with Gasteiger partial charge in [-0.1, -0.05) is 25.4 Å². The van der Waals surface area contributed by atoms with Gasteiger partial charge in [0.05, 0.1) is 21.8 Å². The highest BCUT2D eigenvalue weighted by molar-refractivity contribution is 6.31. The first-order chi connectivity index (χ1) is 9.93. The van der Waals surface area contributed by atoms with Crippen molar-refractivity contribution >= 4 is 17.6 Å². The lowest BCUT2D eigenvalue weighted by Gasteiger charge is -2.39. The Morgan fingerprint density at radius 1 is 1.48 bits per heavy atom. The summed E-state index contributed by atoms with van der Waals surface area (Å²) in [6.07, 6.45) is 3.14. The molecule has 21 heavy (non-hydrogen) atoms. The molecule has 0 spiro atoms. The average molecular weight is 314 g/mol. The second-order valence-electron chi connectivity index (χ2n) is 5.94. The molecule has 2 heterocycles. The average Bonchev–Trinajstić information content (AvgIpc) is 2.74. The Morgan fingerprint density at radius 2 is 2.19 bits per heavy atom. The van der Waals surface area contributed by atoms with Gasteiger partial charge in [0.1, 0.15) is 0 Å². The highest BCUT2D eigenvalue weighted by Crippen LogP contribution is 2.35. The first-order valence-corrected chi connectivity index (χ1v) is 7.97. The van der Waals surface area contributed by atoms with E-state index in [-0.39, 0.29) is 0 Å². The van der Waals surface area contributed by atoms with Crippen LogP contribution in [0.3, 0.4) is 0 Å². The summed E-state index contributed by atoms with van der Waals surface area (Å²) in [5, 5.41) is 14.7. The molecule has 0 radical (unpaired) electrons. The van der Waals surface area contributed by atoms with Gasteiger partial charge in [-0.15, -0.1) is 0 Å². The van der Waals surface area contributed by atoms with E-state index >= 15 is 0 Å². The van der Waals surface area contributed by atoms with E-state index in [0.29, 0.717) is 19.5 Å². The van der Waals surface area contributed by atoms with Gasteiger partial charge in [-0.25, -0.2) is 0 Å². The minimum Gasteiger partial charge on any atom is -0.481 e. The Labute approximate surface area is 130 Å². The summed E-state index contributed by atoms with van der Waals surface area (Å²) in [5.41, 5.74) is 1.27. The van der Waals surface area contributed by atoms with Crippen molar-refractivity contribution in [2.24, 2.45) is 12.5 Å². The van der Waals surface area contributed by atoms with Gasteiger partial charge in [-0.05, 0) is 32.2 Å². The Hall–Kier alpha value is -1.07. The third-order valence-corrected chi connectivity index (χ3v) is 5.10. The SMILES string of the molecule is CCc1nn(C)c(CN2CCCC(CC)(C(=O)O)C2)c1Cl. The summed E-state index contributed by atoms with van der Waals surface area (Å²) < 4.78 is 1.82. The van der Waals surface area contributed by atoms with Crippen LogP contribution in [0, 0.1) is 5.41 Å². The molecular formula is C15H24ClN3O2. The van der Waals surface area contributed by atoms with Gasteiger partial charge in [0.25, 0.3) is 0 Å². The van der Waals surface area contributed by atoms with Gasteiger partial charge in [-0.3, -0.25) is 14.4 Å². The summed E-state index contributed by atoms with van der Waals surface area (Å²) in [6.45, 7) is 6.16. The summed E-state index contributed by atoms with van der Waals surface area (Å²) in [5.74, 6) is -0.681. The highest BCUT2D eigenvalue weighted by atomic mass is 35.5. The van der Waals surface area contributed by atoms with Crippen LogP contribution in [-0.2, 0) is 24.8 Å². The predicted molar refractivity (Wildman–Crippen MR) is 82.5 cm³/mol. The van der Waals surface area contributed by atoms with Crippen LogP contribution < -0.4 is 0 Å². The number of aromatic nitrogens is 2. The molecule has 1 aromatic heterocycles. The van der Waals surface area contributed by atoms with Crippen LogP contribution in [0.1, 0.15) is 44.5 Å². The molecule has 1 N–H and O–H groups in total. The molecule has 5 nitrogen and oxygen atoms in total. The molecule has 6 heteroatoms. The number of hydrogen-bond donors (Lipinski definition) is 1. The lowest BCUT2D eigenvalue weighted by Crippen LogP contribution is -2.47. The number of nitrogens with zero attached hydrogens (tertiary/aromatic N) is 3. The third kappa shape index (κ3) is 3.09. The number of halogens is 1. The Kier molecular flexibility index (Phi) is 4.94. The second-order valence-corrected chi connectivity index (χ2v) is 6.32. The quantitative estimate of drug-likeness (QED) is 0.908. The van der Waals surface area contributed by atoms with Crippen LogP contribution in [0.25, 0.3) is 0 Å². The van der Waals surface area contributed by atoms with E-state index in [1.807, 2.05) is 25.6 Å². The van der Waals surface area contributed by atoms with Gasteiger partial charge < -0.3 is 5.11 Å². The van der Waals surface area contributed by atoms with E-state index < -0.39 is 11.4 Å². The summed E-state index contributed by atoms with van der Waals surface area (Å²) in [6, 6.07) is 0. The molecular weight excluding hydrogens is 290 g/mol. The van der Waals surface area contributed by atoms with E-state index in [1.165, 1.54) is 0 Å². The Balaban J connectivity index is 2.17. The van der Waals surface area contributed by atoms with Gasteiger partial charge in [0, 0.05) is 20.1 Å². The van der Waals surface area contributed by atoms with E-state index in [4.69, 9.17) is 11.6 Å². The van der Waals surface area contributed by atoms with Crippen LogP contribution in [0.15, 0.2) is 0 Å². The summed E-state index contributed by atoms with van der Waals surface area (Å²) in [7, 11) is 1.90. The van der Waals surface area contributed by atoms with Crippen molar-refractivity contribution in [3.8, 4) is 0 Å². The van der Waals surface area contributed by atoms with E-state index in [0.717, 1.165) is 42.2 Å². The zero-order valence-electron chi connectivity index (χ0n) is 13.0. The minimum atomic E-state index is -0.681. The van der Waals surface area contributed by atoms with Crippen molar-refractivity contribution in [3.05, 3.63) is 16.4 Å². The maximum absolute atomic E-state index is 11.6. The van der Waals surface area contributed by atoms with Gasteiger partial charge in [0.15, 0.2) is 0 Å². The first kappa shape index (κ1) is 16.3. The zero-order chi connectivity index (χ0) is 15.6. The highest BCUT2D eigenvalue weighted by Gasteiger charge is 2.40. The fourth-order valence-corrected chi connectivity index (χ4v) is 3.53. The Morgan fingerprint density at radius 3 is 2.71 bits per heavy atom. The second kappa shape index (κ2) is 6.36. The number of likely N-dealkylation sites (tertiary alicyclic amines) is 1. The number of carboxylic acid groups (broad SMARTS) is 1. The summed E-state index contributed by atoms with van der Waals surface area (Å²) in [4.78, 5) is 13.8. The summed E-state index contributed by atoms with van der Waals surface area (Å²) >= 11 is 6.39. The van der Waals surface area contributed by atoms with Crippen LogP contribution in [0.5, 0.6) is 0 Å². The van der Waals surface area contributed by atoms with Crippen molar-refractivity contribution in [3.63, 3.8) is 0 Å². The van der Waals surface area contributed by atoms with Crippen LogP contribution in [0.2, 0.25) is 5.02 Å². The number of carboxylic acids is 1. The number of piperidine rings is 1. The van der Waals surface area contributed by atoms with Gasteiger partial charge >= 0.3 is 5.97 Å². The van der Waals surface area contributed by atoms with Crippen molar-refractivity contribution in [1.82, 2.24) is 14.7 Å². The predicted octanol–water partition coefficient (Wildman–Crippen LogP) is 2.71. The molecule has 118 valence electrons. The number of carbonyl (C=O) groups is 1. The third-order valence-electron chi connectivity index (χ3n) is 4.66.